The molecule has 1 aliphatic rings. The highest BCUT2D eigenvalue weighted by Gasteiger charge is 2.30. The van der Waals surface area contributed by atoms with Crippen LogP contribution in [0.5, 0.6) is 0 Å². The van der Waals surface area contributed by atoms with Gasteiger partial charge in [0, 0.05) is 12.7 Å². The van der Waals surface area contributed by atoms with Crippen LogP contribution in [-0.4, -0.2) is 38.4 Å². The Morgan fingerprint density at radius 1 is 1.09 bits per heavy atom. The Balaban J connectivity index is 1.51. The van der Waals surface area contributed by atoms with E-state index in [4.69, 9.17) is 27.9 Å². The van der Waals surface area contributed by atoms with E-state index < -0.39 is 28.5 Å². The molecule has 11 heteroatoms. The Morgan fingerprint density at radius 2 is 1.88 bits per heavy atom. The summed E-state index contributed by atoms with van der Waals surface area (Å²) in [4.78, 5) is 28.5. The van der Waals surface area contributed by atoms with Crippen molar-refractivity contribution in [1.29, 1.82) is 0 Å². The number of sulfonamides is 1. The maximum atomic E-state index is 13.4. The second-order valence-corrected chi connectivity index (χ2v) is 10.0. The Kier molecular flexibility index (Phi) is 7.06. The summed E-state index contributed by atoms with van der Waals surface area (Å²) in [5.41, 5.74) is 1.64. The number of carbonyl (C=O) groups is 2. The summed E-state index contributed by atoms with van der Waals surface area (Å²) < 4.78 is 33.1. The zero-order chi connectivity index (χ0) is 24.3. The number of esters is 1. The van der Waals surface area contributed by atoms with Crippen molar-refractivity contribution in [2.45, 2.75) is 17.7 Å². The molecule has 2 aromatic carbocycles. The number of benzene rings is 2. The molecule has 1 aromatic heterocycles. The highest BCUT2D eigenvalue weighted by molar-refractivity contribution is 7.92. The number of nitrogens with one attached hydrogen (secondary N) is 1. The van der Waals surface area contributed by atoms with E-state index >= 15 is 0 Å². The number of amides is 1. The van der Waals surface area contributed by atoms with Gasteiger partial charge in [-0.25, -0.2) is 18.2 Å². The van der Waals surface area contributed by atoms with Gasteiger partial charge in [-0.1, -0.05) is 41.4 Å². The van der Waals surface area contributed by atoms with Crippen molar-refractivity contribution >= 4 is 56.5 Å². The number of para-hydroxylation sites is 1. The summed E-state index contributed by atoms with van der Waals surface area (Å²) in [6.07, 6.45) is 2.92. The lowest BCUT2D eigenvalue weighted by molar-refractivity contribution is -0.119. The highest BCUT2D eigenvalue weighted by Crippen LogP contribution is 2.33. The van der Waals surface area contributed by atoms with Gasteiger partial charge in [0.25, 0.3) is 15.9 Å². The number of nitrogens with zero attached hydrogens (tertiary/aromatic N) is 2. The van der Waals surface area contributed by atoms with Crippen LogP contribution in [0.25, 0.3) is 0 Å². The molecule has 0 bridgehead atoms. The van der Waals surface area contributed by atoms with E-state index in [1.165, 1.54) is 22.6 Å². The number of hydrogen-bond acceptors (Lipinski definition) is 6. The van der Waals surface area contributed by atoms with E-state index in [2.05, 4.69) is 10.3 Å². The summed E-state index contributed by atoms with van der Waals surface area (Å²) in [6, 6.07) is 14.2. The van der Waals surface area contributed by atoms with Gasteiger partial charge in [-0.3, -0.25) is 9.10 Å². The van der Waals surface area contributed by atoms with Crippen LogP contribution in [-0.2, 0) is 26.0 Å². The molecule has 0 spiro atoms. The first-order chi connectivity index (χ1) is 16.3. The Labute approximate surface area is 206 Å². The monoisotopic (exact) mass is 519 g/mol. The molecular weight excluding hydrogens is 501 g/mol. The zero-order valence-corrected chi connectivity index (χ0v) is 20.0. The van der Waals surface area contributed by atoms with Gasteiger partial charge >= 0.3 is 5.97 Å². The molecule has 0 saturated carbocycles. The van der Waals surface area contributed by atoms with Crippen LogP contribution in [0, 0.1) is 0 Å². The normalized spacial score (nSPS) is 13.2. The number of fused-ring (bicyclic) bond motifs is 1. The number of pyridine rings is 1. The number of hydrogen-bond donors (Lipinski definition) is 1. The van der Waals surface area contributed by atoms with Crippen LogP contribution in [0.4, 0.5) is 11.4 Å². The summed E-state index contributed by atoms with van der Waals surface area (Å²) in [5.74, 6) is -1.58. The number of carbonyl (C=O) groups excluding carboxylic acids is 2. The molecular formula is C23H19Cl2N3O5S. The molecule has 0 aliphatic carbocycles. The molecule has 3 aromatic rings. The molecule has 1 N–H and O–H groups in total. The lowest BCUT2D eigenvalue weighted by Crippen LogP contribution is -2.35. The Morgan fingerprint density at radius 3 is 2.68 bits per heavy atom. The van der Waals surface area contributed by atoms with E-state index in [0.717, 1.165) is 18.1 Å². The number of halogens is 2. The first kappa shape index (κ1) is 24.0. The smallest absolute Gasteiger partial charge is 0.340 e. The van der Waals surface area contributed by atoms with E-state index in [-0.39, 0.29) is 26.3 Å². The van der Waals surface area contributed by atoms with E-state index in [0.29, 0.717) is 18.7 Å². The van der Waals surface area contributed by atoms with Crippen molar-refractivity contribution in [3.8, 4) is 0 Å². The molecule has 1 aliphatic heterocycles. The average Bonchev–Trinajstić information content (AvgIpc) is 2.83. The first-order valence-corrected chi connectivity index (χ1v) is 12.4. The fourth-order valence-corrected chi connectivity index (χ4v) is 5.50. The van der Waals surface area contributed by atoms with Crippen molar-refractivity contribution in [3.63, 3.8) is 0 Å². The van der Waals surface area contributed by atoms with Crippen LogP contribution < -0.4 is 9.62 Å². The first-order valence-electron chi connectivity index (χ1n) is 10.2. The van der Waals surface area contributed by atoms with Gasteiger partial charge in [0.15, 0.2) is 11.8 Å². The van der Waals surface area contributed by atoms with E-state index in [1.807, 2.05) is 12.1 Å². The molecule has 8 nitrogen and oxygen atoms in total. The second kappa shape index (κ2) is 10.0. The van der Waals surface area contributed by atoms with Crippen molar-refractivity contribution < 1.29 is 22.7 Å². The van der Waals surface area contributed by atoms with Crippen molar-refractivity contribution in [1.82, 2.24) is 4.98 Å². The molecule has 2 heterocycles. The SMILES string of the molecule is O=C(COC(=O)c1cc(S(=O)(=O)N2CCCc3ccccc32)ccc1Cl)Nc1cccnc1Cl. The third kappa shape index (κ3) is 5.01. The maximum absolute atomic E-state index is 13.4. The number of ether oxygens (including phenoxy) is 1. The number of anilines is 2. The number of aryl methyl sites for hydroxylation is 1. The highest BCUT2D eigenvalue weighted by atomic mass is 35.5. The largest absolute Gasteiger partial charge is 0.452 e. The zero-order valence-electron chi connectivity index (χ0n) is 17.7. The molecule has 0 radical (unpaired) electrons. The van der Waals surface area contributed by atoms with Crippen molar-refractivity contribution in [2.24, 2.45) is 0 Å². The Bertz CT molecular complexity index is 1360. The molecule has 4 rings (SSSR count). The fourth-order valence-electron chi connectivity index (χ4n) is 3.57. The molecule has 0 atom stereocenters. The quantitative estimate of drug-likeness (QED) is 0.383. The lowest BCUT2D eigenvalue weighted by Gasteiger charge is -2.30. The van der Waals surface area contributed by atoms with Crippen LogP contribution in [0.1, 0.15) is 22.3 Å². The van der Waals surface area contributed by atoms with Gasteiger partial charge in [-0.05, 0) is 54.8 Å². The van der Waals surface area contributed by atoms with Crippen LogP contribution >= 0.6 is 23.2 Å². The van der Waals surface area contributed by atoms with Gasteiger partial charge in [0.2, 0.25) is 0 Å². The summed E-state index contributed by atoms with van der Waals surface area (Å²) in [7, 11) is -3.96. The number of rotatable bonds is 6. The minimum absolute atomic E-state index is 0.00120. The van der Waals surface area contributed by atoms with E-state index in [9.17, 15) is 18.0 Å². The minimum atomic E-state index is -3.96. The fraction of sp³-hybridized carbons (Fsp3) is 0.174. The predicted octanol–water partition coefficient (Wildman–Crippen LogP) is 4.33. The van der Waals surface area contributed by atoms with Crippen molar-refractivity contribution in [3.05, 3.63) is 82.1 Å². The molecule has 0 fully saturated rings. The van der Waals surface area contributed by atoms with Crippen LogP contribution in [0.3, 0.4) is 0 Å². The average molecular weight is 520 g/mol. The summed E-state index contributed by atoms with van der Waals surface area (Å²) in [6.45, 7) is -0.310. The molecule has 0 saturated heterocycles. The second-order valence-electron chi connectivity index (χ2n) is 7.42. The van der Waals surface area contributed by atoms with Crippen LogP contribution in [0.15, 0.2) is 65.7 Å². The van der Waals surface area contributed by atoms with Gasteiger partial charge in [0.05, 0.1) is 26.9 Å². The topological polar surface area (TPSA) is 106 Å². The molecule has 34 heavy (non-hydrogen) atoms. The van der Waals surface area contributed by atoms with Gasteiger partial charge in [0.1, 0.15) is 0 Å². The Hall–Kier alpha value is -3.14. The van der Waals surface area contributed by atoms with Gasteiger partial charge in [-0.2, -0.15) is 0 Å². The summed E-state index contributed by atoms with van der Waals surface area (Å²) in [5, 5.41) is 2.56. The van der Waals surface area contributed by atoms with Crippen molar-refractivity contribution in [2.75, 3.05) is 22.8 Å². The minimum Gasteiger partial charge on any atom is -0.452 e. The van der Waals surface area contributed by atoms with Gasteiger partial charge < -0.3 is 10.1 Å². The molecule has 0 unspecified atom stereocenters. The van der Waals surface area contributed by atoms with Gasteiger partial charge in [-0.15, -0.1) is 0 Å². The predicted molar refractivity (Wildman–Crippen MR) is 129 cm³/mol. The standard InChI is InChI=1S/C23H19Cl2N3O5S/c24-18-10-9-16(34(31,32)28-12-4-6-15-5-1-2-8-20(15)28)13-17(18)23(30)33-14-21(29)27-19-7-3-11-26-22(19)25/h1-3,5,7-11,13H,4,6,12,14H2,(H,27,29). The third-order valence-electron chi connectivity index (χ3n) is 5.18. The number of aromatic nitrogens is 1. The third-order valence-corrected chi connectivity index (χ3v) is 7.62. The summed E-state index contributed by atoms with van der Waals surface area (Å²) >= 11 is 12.0. The van der Waals surface area contributed by atoms with E-state index in [1.54, 1.807) is 24.3 Å². The molecule has 1 amide bonds. The van der Waals surface area contributed by atoms with Crippen LogP contribution in [0.2, 0.25) is 10.2 Å². The molecule has 176 valence electrons. The lowest BCUT2D eigenvalue weighted by atomic mass is 10.0. The maximum Gasteiger partial charge on any atom is 0.340 e.